The van der Waals surface area contributed by atoms with Crippen LogP contribution in [0.1, 0.15) is 10.5 Å². The van der Waals surface area contributed by atoms with Crippen LogP contribution in [0.3, 0.4) is 0 Å². The minimum Gasteiger partial charge on any atom is -0.354 e. The highest BCUT2D eigenvalue weighted by molar-refractivity contribution is 7.21. The number of amides is 1. The molecule has 0 aromatic carbocycles. The molecule has 2 fully saturated rings. The topological polar surface area (TPSA) is 78.4 Å². The molecular weight excluding hydrogens is 393 g/mol. The molecular formula is C19H20FN7OS. The van der Waals surface area contributed by atoms with E-state index in [1.54, 1.807) is 12.4 Å². The van der Waals surface area contributed by atoms with E-state index < -0.39 is 13.1 Å². The fourth-order valence-corrected chi connectivity index (χ4v) is 4.39. The summed E-state index contributed by atoms with van der Waals surface area (Å²) in [7, 11) is 0. The molecule has 150 valence electrons. The highest BCUT2D eigenvalue weighted by Crippen LogP contribution is 2.30. The van der Waals surface area contributed by atoms with Crippen LogP contribution in [0.4, 0.5) is 16.2 Å². The maximum absolute atomic E-state index is 13.4. The van der Waals surface area contributed by atoms with Crippen molar-refractivity contribution in [3.05, 3.63) is 24.5 Å². The third kappa shape index (κ3) is 3.53. The van der Waals surface area contributed by atoms with E-state index in [2.05, 4.69) is 19.9 Å². The number of fused-ring (bicyclic) bond motifs is 1. The van der Waals surface area contributed by atoms with Gasteiger partial charge in [-0.2, -0.15) is 4.98 Å². The lowest BCUT2D eigenvalue weighted by atomic mass is 10.3. The van der Waals surface area contributed by atoms with Crippen molar-refractivity contribution < 1.29 is 13.3 Å². The van der Waals surface area contributed by atoms with Crippen molar-refractivity contribution >= 4 is 39.4 Å². The van der Waals surface area contributed by atoms with Gasteiger partial charge >= 0.3 is 0 Å². The molecule has 1 atom stereocenters. The third-order valence-electron chi connectivity index (χ3n) is 5.05. The van der Waals surface area contributed by atoms with Gasteiger partial charge in [0.2, 0.25) is 11.9 Å². The SMILES string of the molecule is [3H]C([3H])([3H])N1CCN(c2ncc3nc(-c4ccc(N5CC[C@@H](F)C5)nc4)sc3n2)C(=O)C1. The summed E-state index contributed by atoms with van der Waals surface area (Å²) in [5.41, 5.74) is 1.42. The van der Waals surface area contributed by atoms with Gasteiger partial charge in [0.15, 0.2) is 0 Å². The van der Waals surface area contributed by atoms with Gasteiger partial charge in [0, 0.05) is 35.5 Å². The maximum Gasteiger partial charge on any atom is 0.243 e. The summed E-state index contributed by atoms with van der Waals surface area (Å²) in [5.74, 6) is 0.631. The van der Waals surface area contributed by atoms with Gasteiger partial charge in [0.05, 0.1) is 19.3 Å². The molecule has 29 heavy (non-hydrogen) atoms. The number of pyridine rings is 1. The van der Waals surface area contributed by atoms with Gasteiger partial charge in [-0.15, -0.1) is 0 Å². The van der Waals surface area contributed by atoms with Crippen molar-refractivity contribution in [2.45, 2.75) is 12.6 Å². The number of halogens is 1. The molecule has 0 radical (unpaired) electrons. The first-order valence-electron chi connectivity index (χ1n) is 10.8. The van der Waals surface area contributed by atoms with Crippen LogP contribution < -0.4 is 9.80 Å². The maximum atomic E-state index is 13.4. The zero-order valence-electron chi connectivity index (χ0n) is 18.5. The van der Waals surface area contributed by atoms with Crippen LogP contribution in [0, 0.1) is 0 Å². The third-order valence-corrected chi connectivity index (χ3v) is 6.06. The van der Waals surface area contributed by atoms with Crippen molar-refractivity contribution in [2.75, 3.05) is 49.5 Å². The predicted octanol–water partition coefficient (Wildman–Crippen LogP) is 1.97. The molecule has 5 rings (SSSR count). The van der Waals surface area contributed by atoms with E-state index >= 15 is 0 Å². The van der Waals surface area contributed by atoms with Crippen molar-refractivity contribution in [3.63, 3.8) is 0 Å². The molecule has 3 aromatic heterocycles. The Hall–Kier alpha value is -2.72. The predicted molar refractivity (Wildman–Crippen MR) is 110 cm³/mol. The number of carbonyl (C=O) groups excluding carboxylic acids is 1. The van der Waals surface area contributed by atoms with E-state index in [4.69, 9.17) is 4.11 Å². The lowest BCUT2D eigenvalue weighted by Gasteiger charge is -2.30. The summed E-state index contributed by atoms with van der Waals surface area (Å²) in [4.78, 5) is 35.4. The van der Waals surface area contributed by atoms with Crippen LogP contribution in [0.2, 0.25) is 0 Å². The number of rotatable bonds is 3. The Bertz CT molecular complexity index is 1160. The Labute approximate surface area is 175 Å². The molecule has 3 aromatic rings. The molecule has 0 unspecified atom stereocenters. The molecule has 2 saturated heterocycles. The van der Waals surface area contributed by atoms with Gasteiger partial charge in [-0.1, -0.05) is 11.3 Å². The molecule has 0 saturated carbocycles. The molecule has 0 N–H and O–H groups in total. The van der Waals surface area contributed by atoms with Gasteiger partial charge in [0.25, 0.3) is 0 Å². The largest absolute Gasteiger partial charge is 0.354 e. The number of hydrogen-bond donors (Lipinski definition) is 0. The van der Waals surface area contributed by atoms with E-state index in [1.165, 1.54) is 21.1 Å². The van der Waals surface area contributed by atoms with Crippen molar-refractivity contribution in [1.82, 2.24) is 24.8 Å². The smallest absolute Gasteiger partial charge is 0.243 e. The van der Waals surface area contributed by atoms with Crippen molar-refractivity contribution in [1.29, 1.82) is 0 Å². The number of hydrogen-bond acceptors (Lipinski definition) is 8. The molecule has 1 amide bonds. The van der Waals surface area contributed by atoms with E-state index in [9.17, 15) is 9.18 Å². The number of nitrogens with zero attached hydrogens (tertiary/aromatic N) is 7. The summed E-state index contributed by atoms with van der Waals surface area (Å²) in [6.45, 7) is -1.06. The Kier molecular flexibility index (Phi) is 3.80. The van der Waals surface area contributed by atoms with Gasteiger partial charge < -0.3 is 4.90 Å². The quantitative estimate of drug-likeness (QED) is 0.642. The molecule has 0 spiro atoms. The monoisotopic (exact) mass is 419 g/mol. The van der Waals surface area contributed by atoms with E-state index in [-0.39, 0.29) is 31.5 Å². The number of thiazole rings is 1. The van der Waals surface area contributed by atoms with Crippen LogP contribution in [0.5, 0.6) is 0 Å². The van der Waals surface area contributed by atoms with Crippen LogP contribution in [-0.2, 0) is 4.79 Å². The Balaban J connectivity index is 1.35. The number of carbonyl (C=O) groups is 1. The van der Waals surface area contributed by atoms with Crippen LogP contribution >= 0.6 is 11.3 Å². The first kappa shape index (κ1) is 15.2. The second-order valence-corrected chi connectivity index (χ2v) is 8.06. The second-order valence-electron chi connectivity index (χ2n) is 7.08. The summed E-state index contributed by atoms with van der Waals surface area (Å²) in [5, 5.41) is 0.717. The average molecular weight is 420 g/mol. The number of likely N-dealkylation sites (N-methyl/N-ethyl adjacent to an activating group) is 1. The normalized spacial score (nSPS) is 22.7. The van der Waals surface area contributed by atoms with Crippen molar-refractivity contribution in [2.24, 2.45) is 0 Å². The molecule has 2 aliphatic rings. The van der Waals surface area contributed by atoms with Gasteiger partial charge in [0.1, 0.15) is 27.3 Å². The Morgan fingerprint density at radius 3 is 2.86 bits per heavy atom. The summed E-state index contributed by atoms with van der Waals surface area (Å²) in [6.07, 6.45) is 2.99. The number of aromatic nitrogens is 4. The van der Waals surface area contributed by atoms with Crippen molar-refractivity contribution in [3.8, 4) is 10.6 Å². The standard InChI is InChI=1S/C19H20FN7OS/c1-25-6-7-27(16(28)11-25)19-22-9-14-18(24-19)29-17(23-14)12-2-3-15(21-8-12)26-5-4-13(20)10-26/h2-3,8-9,13H,4-7,10-11H2,1H3/t13-/m1/s1/i1T3. The molecule has 5 heterocycles. The van der Waals surface area contributed by atoms with E-state index in [0.717, 1.165) is 11.4 Å². The fraction of sp³-hybridized carbons (Fsp3) is 0.421. The molecule has 0 aliphatic carbocycles. The van der Waals surface area contributed by atoms with Gasteiger partial charge in [-0.3, -0.25) is 14.6 Å². The zero-order valence-corrected chi connectivity index (χ0v) is 16.3. The number of anilines is 2. The van der Waals surface area contributed by atoms with Gasteiger partial charge in [-0.25, -0.2) is 19.3 Å². The second kappa shape index (κ2) is 7.27. The van der Waals surface area contributed by atoms with Crippen LogP contribution in [0.15, 0.2) is 24.5 Å². The zero-order chi connectivity index (χ0) is 22.5. The average Bonchev–Trinajstić information content (AvgIpc) is 3.39. The minimum absolute atomic E-state index is 0.204. The highest BCUT2D eigenvalue weighted by atomic mass is 32.1. The molecule has 0 bridgehead atoms. The van der Waals surface area contributed by atoms with E-state index in [0.29, 0.717) is 34.9 Å². The van der Waals surface area contributed by atoms with Crippen LogP contribution in [0.25, 0.3) is 20.9 Å². The summed E-state index contributed by atoms with van der Waals surface area (Å²) in [6, 6.07) is 3.76. The number of piperazine rings is 1. The summed E-state index contributed by atoms with van der Waals surface area (Å²) >= 11 is 1.36. The molecule has 2 aliphatic heterocycles. The fourth-order valence-electron chi connectivity index (χ4n) is 3.49. The minimum atomic E-state index is -2.30. The molecule has 10 heteroatoms. The lowest BCUT2D eigenvalue weighted by Crippen LogP contribution is -2.49. The highest BCUT2D eigenvalue weighted by Gasteiger charge is 2.26. The Morgan fingerprint density at radius 2 is 2.14 bits per heavy atom. The van der Waals surface area contributed by atoms with Gasteiger partial charge in [-0.05, 0) is 25.5 Å². The van der Waals surface area contributed by atoms with E-state index in [1.807, 2.05) is 17.0 Å². The molecule has 8 nitrogen and oxygen atoms in total. The summed E-state index contributed by atoms with van der Waals surface area (Å²) < 4.78 is 35.9. The lowest BCUT2D eigenvalue weighted by molar-refractivity contribution is -0.120. The van der Waals surface area contributed by atoms with Crippen LogP contribution in [-0.4, -0.2) is 76.6 Å². The Morgan fingerprint density at radius 1 is 1.21 bits per heavy atom. The first-order valence-corrected chi connectivity index (χ1v) is 10.1. The first-order chi connectivity index (χ1) is 15.3. The number of alkyl halides is 1.